The Balaban J connectivity index is 2.96. The molecule has 2 nitrogen and oxygen atoms in total. The van der Waals surface area contributed by atoms with Crippen LogP contribution in [0.15, 0.2) is 12.3 Å². The van der Waals surface area contributed by atoms with Crippen LogP contribution in [0.3, 0.4) is 0 Å². The highest BCUT2D eigenvalue weighted by molar-refractivity contribution is 6.30. The Kier molecular flexibility index (Phi) is 2.22. The fourth-order valence-corrected chi connectivity index (χ4v) is 0.796. The van der Waals surface area contributed by atoms with Gasteiger partial charge in [-0.1, -0.05) is 25.4 Å². The van der Waals surface area contributed by atoms with Crippen LogP contribution in [0.5, 0.6) is 0 Å². The Labute approximate surface area is 65.2 Å². The van der Waals surface area contributed by atoms with Gasteiger partial charge in [0.05, 0.1) is 16.9 Å². The van der Waals surface area contributed by atoms with Gasteiger partial charge in [0, 0.05) is 0 Å². The van der Waals surface area contributed by atoms with Crippen LogP contribution in [0, 0.1) is 0 Å². The fraction of sp³-hybridized carbons (Fsp3) is 0.429. The highest BCUT2D eigenvalue weighted by atomic mass is 35.5. The first-order chi connectivity index (χ1) is 4.70. The van der Waals surface area contributed by atoms with Gasteiger partial charge in [-0.15, -0.1) is 0 Å². The molecule has 10 heavy (non-hydrogen) atoms. The van der Waals surface area contributed by atoms with Crippen molar-refractivity contribution in [3.63, 3.8) is 0 Å². The molecule has 0 unspecified atom stereocenters. The highest BCUT2D eigenvalue weighted by Gasteiger charge is 2.00. The molecule has 0 atom stereocenters. The Morgan fingerprint density at radius 2 is 2.20 bits per heavy atom. The number of rotatable bonds is 1. The lowest BCUT2D eigenvalue weighted by Crippen LogP contribution is -1.93. The average molecular weight is 157 g/mol. The van der Waals surface area contributed by atoms with Crippen LogP contribution in [0.1, 0.15) is 25.5 Å². The molecule has 0 aromatic carbocycles. The molecule has 3 heteroatoms. The lowest BCUT2D eigenvalue weighted by molar-refractivity contribution is 0.785. The molecule has 0 spiro atoms. The smallest absolute Gasteiger partial charge is 0.0682 e. The zero-order chi connectivity index (χ0) is 7.56. The van der Waals surface area contributed by atoms with E-state index in [1.807, 2.05) is 6.07 Å². The third-order valence-corrected chi connectivity index (χ3v) is 1.44. The van der Waals surface area contributed by atoms with Crippen molar-refractivity contribution in [2.24, 2.45) is 0 Å². The molecule has 0 fully saturated rings. The number of nitrogens with zero attached hydrogens (tertiary/aromatic N) is 2. The van der Waals surface area contributed by atoms with Gasteiger partial charge in [-0.05, 0) is 12.0 Å². The summed E-state index contributed by atoms with van der Waals surface area (Å²) in [6.07, 6.45) is 1.54. The van der Waals surface area contributed by atoms with Crippen molar-refractivity contribution in [3.05, 3.63) is 23.0 Å². The van der Waals surface area contributed by atoms with Crippen LogP contribution >= 0.6 is 11.6 Å². The molecular formula is C7H9ClN2. The first-order valence-electron chi connectivity index (χ1n) is 3.18. The van der Waals surface area contributed by atoms with E-state index in [9.17, 15) is 0 Å². The average Bonchev–Trinajstić information content (AvgIpc) is 1.88. The van der Waals surface area contributed by atoms with Crippen molar-refractivity contribution in [1.29, 1.82) is 0 Å². The molecular weight excluding hydrogens is 148 g/mol. The molecule has 0 radical (unpaired) electrons. The van der Waals surface area contributed by atoms with Crippen molar-refractivity contribution in [2.75, 3.05) is 0 Å². The topological polar surface area (TPSA) is 25.8 Å². The molecule has 1 rings (SSSR count). The molecule has 0 amide bonds. The Morgan fingerprint density at radius 1 is 1.50 bits per heavy atom. The zero-order valence-corrected chi connectivity index (χ0v) is 6.76. The standard InChI is InChI=1S/C7H9ClN2/c1-5(2)7-3-6(8)4-9-10-7/h3-5H,1-2H3. The van der Waals surface area contributed by atoms with Crippen molar-refractivity contribution >= 4 is 11.6 Å². The summed E-state index contributed by atoms with van der Waals surface area (Å²) in [5, 5.41) is 8.28. The van der Waals surface area contributed by atoms with Gasteiger partial charge in [0.15, 0.2) is 0 Å². The molecule has 0 saturated carbocycles. The molecule has 0 aliphatic carbocycles. The minimum Gasteiger partial charge on any atom is -0.157 e. The summed E-state index contributed by atoms with van der Waals surface area (Å²) in [4.78, 5) is 0. The maximum atomic E-state index is 5.69. The lowest BCUT2D eigenvalue weighted by Gasteiger charge is -2.00. The SMILES string of the molecule is CC(C)c1cc(Cl)cnn1. The highest BCUT2D eigenvalue weighted by Crippen LogP contribution is 2.13. The van der Waals surface area contributed by atoms with Crippen LogP contribution in [0.25, 0.3) is 0 Å². The summed E-state index contributed by atoms with van der Waals surface area (Å²) in [5.41, 5.74) is 0.938. The van der Waals surface area contributed by atoms with E-state index < -0.39 is 0 Å². The van der Waals surface area contributed by atoms with Gasteiger partial charge in [-0.2, -0.15) is 10.2 Å². The second-order valence-corrected chi connectivity index (χ2v) is 2.89. The van der Waals surface area contributed by atoms with E-state index in [-0.39, 0.29) is 0 Å². The third-order valence-electron chi connectivity index (χ3n) is 1.23. The van der Waals surface area contributed by atoms with E-state index in [1.165, 1.54) is 6.20 Å². The van der Waals surface area contributed by atoms with Crippen LogP contribution in [-0.2, 0) is 0 Å². The number of hydrogen-bond donors (Lipinski definition) is 0. The van der Waals surface area contributed by atoms with E-state index in [1.54, 1.807) is 0 Å². The summed E-state index contributed by atoms with van der Waals surface area (Å²) < 4.78 is 0. The van der Waals surface area contributed by atoms with Crippen LogP contribution < -0.4 is 0 Å². The molecule has 1 heterocycles. The van der Waals surface area contributed by atoms with Crippen LogP contribution in [0.2, 0.25) is 5.02 Å². The lowest BCUT2D eigenvalue weighted by atomic mass is 10.1. The third kappa shape index (κ3) is 1.67. The quantitative estimate of drug-likeness (QED) is 0.624. The Hall–Kier alpha value is -0.630. The maximum absolute atomic E-state index is 5.69. The van der Waals surface area contributed by atoms with Gasteiger partial charge in [-0.3, -0.25) is 0 Å². The summed E-state index contributed by atoms with van der Waals surface area (Å²) in [6.45, 7) is 4.11. The van der Waals surface area contributed by atoms with Crippen molar-refractivity contribution in [2.45, 2.75) is 19.8 Å². The number of aromatic nitrogens is 2. The monoisotopic (exact) mass is 156 g/mol. The zero-order valence-electron chi connectivity index (χ0n) is 6.00. The van der Waals surface area contributed by atoms with Gasteiger partial charge in [0.2, 0.25) is 0 Å². The summed E-state index contributed by atoms with van der Waals surface area (Å²) in [7, 11) is 0. The van der Waals surface area contributed by atoms with Crippen LogP contribution in [-0.4, -0.2) is 10.2 Å². The van der Waals surface area contributed by atoms with E-state index in [4.69, 9.17) is 11.6 Å². The van der Waals surface area contributed by atoms with Gasteiger partial charge in [0.1, 0.15) is 0 Å². The normalized spacial score (nSPS) is 10.4. The summed E-state index contributed by atoms with van der Waals surface area (Å²) in [6, 6.07) is 1.83. The summed E-state index contributed by atoms with van der Waals surface area (Å²) >= 11 is 5.69. The second-order valence-electron chi connectivity index (χ2n) is 2.45. The predicted octanol–water partition coefficient (Wildman–Crippen LogP) is 2.25. The first kappa shape index (κ1) is 7.48. The molecule has 0 saturated heterocycles. The molecule has 54 valence electrons. The van der Waals surface area contributed by atoms with Gasteiger partial charge >= 0.3 is 0 Å². The van der Waals surface area contributed by atoms with E-state index in [2.05, 4.69) is 24.0 Å². The van der Waals surface area contributed by atoms with Crippen molar-refractivity contribution < 1.29 is 0 Å². The van der Waals surface area contributed by atoms with Gasteiger partial charge < -0.3 is 0 Å². The first-order valence-corrected chi connectivity index (χ1v) is 3.56. The molecule has 1 aromatic heterocycles. The molecule has 0 N–H and O–H groups in total. The number of halogens is 1. The van der Waals surface area contributed by atoms with Crippen LogP contribution in [0.4, 0.5) is 0 Å². The fourth-order valence-electron chi connectivity index (χ4n) is 0.640. The minimum absolute atomic E-state index is 0.395. The maximum Gasteiger partial charge on any atom is 0.0682 e. The second kappa shape index (κ2) is 2.97. The molecule has 0 aliphatic rings. The predicted molar refractivity (Wildman–Crippen MR) is 41.1 cm³/mol. The number of hydrogen-bond acceptors (Lipinski definition) is 2. The van der Waals surface area contributed by atoms with E-state index in [0.29, 0.717) is 10.9 Å². The molecule has 0 aliphatic heterocycles. The Bertz CT molecular complexity index is 223. The van der Waals surface area contributed by atoms with Gasteiger partial charge in [0.25, 0.3) is 0 Å². The largest absolute Gasteiger partial charge is 0.157 e. The van der Waals surface area contributed by atoms with E-state index >= 15 is 0 Å². The van der Waals surface area contributed by atoms with E-state index in [0.717, 1.165) is 5.69 Å². The minimum atomic E-state index is 0.395. The summed E-state index contributed by atoms with van der Waals surface area (Å²) in [5.74, 6) is 0.395. The Morgan fingerprint density at radius 3 is 2.60 bits per heavy atom. The van der Waals surface area contributed by atoms with Crippen molar-refractivity contribution in [3.8, 4) is 0 Å². The molecule has 0 bridgehead atoms. The molecule has 1 aromatic rings. The van der Waals surface area contributed by atoms with Crippen molar-refractivity contribution in [1.82, 2.24) is 10.2 Å². The van der Waals surface area contributed by atoms with Gasteiger partial charge in [-0.25, -0.2) is 0 Å².